The number of hydrogen-bond donors (Lipinski definition) is 1. The highest BCUT2D eigenvalue weighted by Gasteiger charge is 2.05. The van der Waals surface area contributed by atoms with Crippen molar-refractivity contribution in [2.24, 2.45) is 7.05 Å². The van der Waals surface area contributed by atoms with E-state index in [1.165, 1.54) is 24.1 Å². The molecule has 0 aliphatic heterocycles. The van der Waals surface area contributed by atoms with Crippen LogP contribution in [0.15, 0.2) is 18.9 Å². The molecule has 1 aromatic rings. The average molecular weight is 221 g/mol. The number of aryl methyl sites for hydroxylation is 1. The maximum absolute atomic E-state index is 4.23. The minimum Gasteiger partial charge on any atom is -0.310 e. The van der Waals surface area contributed by atoms with Gasteiger partial charge in [-0.3, -0.25) is 4.68 Å². The van der Waals surface area contributed by atoms with Crippen molar-refractivity contribution in [2.45, 2.75) is 45.7 Å². The average Bonchev–Trinajstić information content (AvgIpc) is 2.58. The zero-order chi connectivity index (χ0) is 12.0. The molecule has 3 heteroatoms. The lowest BCUT2D eigenvalue weighted by atomic mass is 10.1. The largest absolute Gasteiger partial charge is 0.310 e. The Hall–Kier alpha value is -1.09. The van der Waals surface area contributed by atoms with Gasteiger partial charge in [0.15, 0.2) is 0 Å². The van der Waals surface area contributed by atoms with E-state index in [0.717, 1.165) is 13.0 Å². The van der Waals surface area contributed by atoms with Gasteiger partial charge in [-0.25, -0.2) is 0 Å². The number of unbranched alkanes of at least 4 members (excludes halogenated alkanes) is 1. The zero-order valence-electron chi connectivity index (χ0n) is 10.7. The molecule has 1 N–H and O–H groups in total. The van der Waals surface area contributed by atoms with E-state index in [-0.39, 0.29) is 0 Å². The first-order valence-corrected chi connectivity index (χ1v) is 5.97. The van der Waals surface area contributed by atoms with E-state index >= 15 is 0 Å². The van der Waals surface area contributed by atoms with Crippen LogP contribution in [0.5, 0.6) is 0 Å². The molecule has 90 valence electrons. The van der Waals surface area contributed by atoms with E-state index in [9.17, 15) is 0 Å². The Morgan fingerprint density at radius 1 is 1.62 bits per heavy atom. The van der Waals surface area contributed by atoms with Crippen molar-refractivity contribution in [1.29, 1.82) is 0 Å². The second kappa shape index (κ2) is 6.48. The molecule has 0 aromatic carbocycles. The quantitative estimate of drug-likeness (QED) is 0.566. The zero-order valence-corrected chi connectivity index (χ0v) is 10.7. The van der Waals surface area contributed by atoms with Gasteiger partial charge < -0.3 is 5.32 Å². The van der Waals surface area contributed by atoms with Crippen molar-refractivity contribution in [3.63, 3.8) is 0 Å². The molecule has 1 atom stereocenters. The Bertz CT molecular complexity index is 328. The lowest BCUT2D eigenvalue weighted by Gasteiger charge is -2.12. The summed E-state index contributed by atoms with van der Waals surface area (Å²) in [6.07, 6.45) is 7.45. The van der Waals surface area contributed by atoms with Gasteiger partial charge in [-0.2, -0.15) is 5.10 Å². The maximum atomic E-state index is 4.23. The summed E-state index contributed by atoms with van der Waals surface area (Å²) >= 11 is 0. The van der Waals surface area contributed by atoms with E-state index < -0.39 is 0 Å². The molecule has 0 fully saturated rings. The van der Waals surface area contributed by atoms with Crippen molar-refractivity contribution in [3.8, 4) is 0 Å². The summed E-state index contributed by atoms with van der Waals surface area (Å²) in [7, 11) is 1.98. The van der Waals surface area contributed by atoms with E-state index in [4.69, 9.17) is 0 Å². The van der Waals surface area contributed by atoms with E-state index in [1.54, 1.807) is 0 Å². The highest BCUT2D eigenvalue weighted by molar-refractivity contribution is 5.15. The van der Waals surface area contributed by atoms with Gasteiger partial charge in [0.05, 0.1) is 6.20 Å². The molecule has 0 aliphatic carbocycles. The molecule has 0 spiro atoms. The van der Waals surface area contributed by atoms with Gasteiger partial charge in [0.25, 0.3) is 0 Å². The first-order valence-electron chi connectivity index (χ1n) is 5.97. The highest BCUT2D eigenvalue weighted by atomic mass is 15.3. The first kappa shape index (κ1) is 13.0. The molecule has 3 nitrogen and oxygen atoms in total. The van der Waals surface area contributed by atoms with Gasteiger partial charge in [-0.1, -0.05) is 6.08 Å². The van der Waals surface area contributed by atoms with Crippen molar-refractivity contribution in [1.82, 2.24) is 15.1 Å². The van der Waals surface area contributed by atoms with Gasteiger partial charge in [-0.15, -0.1) is 6.58 Å². The monoisotopic (exact) mass is 221 g/mol. The van der Waals surface area contributed by atoms with Crippen molar-refractivity contribution < 1.29 is 0 Å². The van der Waals surface area contributed by atoms with Crippen molar-refractivity contribution >= 4 is 0 Å². The molecular formula is C13H23N3. The molecule has 16 heavy (non-hydrogen) atoms. The van der Waals surface area contributed by atoms with Crippen LogP contribution in [0.3, 0.4) is 0 Å². The second-order valence-corrected chi connectivity index (χ2v) is 4.38. The Balaban J connectivity index is 2.28. The molecule has 0 saturated carbocycles. The molecule has 0 saturated heterocycles. The summed E-state index contributed by atoms with van der Waals surface area (Å²) in [5, 5.41) is 7.76. The lowest BCUT2D eigenvalue weighted by molar-refractivity contribution is 0.499. The van der Waals surface area contributed by atoms with Gasteiger partial charge in [-0.05, 0) is 33.1 Å². The molecule has 0 bridgehead atoms. The maximum Gasteiger partial charge on any atom is 0.0537 e. The van der Waals surface area contributed by atoms with E-state index in [0.29, 0.717) is 6.04 Å². The third kappa shape index (κ3) is 3.81. The molecular weight excluding hydrogens is 198 g/mol. The normalized spacial score (nSPS) is 12.7. The Kier molecular flexibility index (Phi) is 5.26. The Labute approximate surface area is 98.5 Å². The number of aromatic nitrogens is 2. The lowest BCUT2D eigenvalue weighted by Crippen LogP contribution is -2.25. The fourth-order valence-electron chi connectivity index (χ4n) is 1.67. The van der Waals surface area contributed by atoms with Gasteiger partial charge in [0, 0.05) is 30.9 Å². The third-order valence-electron chi connectivity index (χ3n) is 3.02. The SMILES string of the molecule is C=CCCCC(C)NCc1cnn(C)c1C. The fraction of sp³-hybridized carbons (Fsp3) is 0.615. The standard InChI is InChI=1S/C13H23N3/c1-5-6-7-8-11(2)14-9-13-10-15-16(4)12(13)3/h5,10-11,14H,1,6-9H2,2-4H3. The minimum absolute atomic E-state index is 0.555. The van der Waals surface area contributed by atoms with Crippen molar-refractivity contribution in [2.75, 3.05) is 0 Å². The summed E-state index contributed by atoms with van der Waals surface area (Å²) in [4.78, 5) is 0. The summed E-state index contributed by atoms with van der Waals surface area (Å²) in [5.74, 6) is 0. The predicted molar refractivity (Wildman–Crippen MR) is 68.3 cm³/mol. The fourth-order valence-corrected chi connectivity index (χ4v) is 1.67. The van der Waals surface area contributed by atoms with Gasteiger partial charge in [0.1, 0.15) is 0 Å². The van der Waals surface area contributed by atoms with Crippen LogP contribution < -0.4 is 5.32 Å². The van der Waals surface area contributed by atoms with E-state index in [1.807, 2.05) is 24.0 Å². The molecule has 1 heterocycles. The molecule has 1 rings (SSSR count). The smallest absolute Gasteiger partial charge is 0.0537 e. The van der Waals surface area contributed by atoms with Crippen LogP contribution in [0.4, 0.5) is 0 Å². The molecule has 0 radical (unpaired) electrons. The van der Waals surface area contributed by atoms with Crippen LogP contribution in [0.25, 0.3) is 0 Å². The predicted octanol–water partition coefficient (Wildman–Crippen LogP) is 2.56. The van der Waals surface area contributed by atoms with E-state index in [2.05, 4.69) is 30.8 Å². The van der Waals surface area contributed by atoms with Crippen LogP contribution in [0.1, 0.15) is 37.4 Å². The second-order valence-electron chi connectivity index (χ2n) is 4.38. The third-order valence-corrected chi connectivity index (χ3v) is 3.02. The number of nitrogens with one attached hydrogen (secondary N) is 1. The Morgan fingerprint density at radius 2 is 2.38 bits per heavy atom. The first-order chi connectivity index (χ1) is 7.65. The van der Waals surface area contributed by atoms with Gasteiger partial charge in [0.2, 0.25) is 0 Å². The topological polar surface area (TPSA) is 29.9 Å². The molecule has 0 aliphatic rings. The van der Waals surface area contributed by atoms with Gasteiger partial charge >= 0.3 is 0 Å². The summed E-state index contributed by atoms with van der Waals surface area (Å²) in [6, 6.07) is 0.555. The molecule has 0 amide bonds. The summed E-state index contributed by atoms with van der Waals surface area (Å²) in [6.45, 7) is 8.98. The molecule has 1 unspecified atom stereocenters. The van der Waals surface area contributed by atoms with Crippen LogP contribution >= 0.6 is 0 Å². The summed E-state index contributed by atoms with van der Waals surface area (Å²) < 4.78 is 1.92. The van der Waals surface area contributed by atoms with Crippen LogP contribution in [0, 0.1) is 6.92 Å². The van der Waals surface area contributed by atoms with Crippen molar-refractivity contribution in [3.05, 3.63) is 30.1 Å². The van der Waals surface area contributed by atoms with Crippen LogP contribution in [-0.2, 0) is 13.6 Å². The number of nitrogens with zero attached hydrogens (tertiary/aromatic N) is 2. The Morgan fingerprint density at radius 3 is 2.94 bits per heavy atom. The minimum atomic E-state index is 0.555. The number of hydrogen-bond acceptors (Lipinski definition) is 2. The van der Waals surface area contributed by atoms with Crippen LogP contribution in [0.2, 0.25) is 0 Å². The van der Waals surface area contributed by atoms with Crippen LogP contribution in [-0.4, -0.2) is 15.8 Å². The number of rotatable bonds is 7. The summed E-state index contributed by atoms with van der Waals surface area (Å²) in [5.41, 5.74) is 2.53. The number of allylic oxidation sites excluding steroid dienone is 1. The molecule has 1 aromatic heterocycles. The highest BCUT2D eigenvalue weighted by Crippen LogP contribution is 2.07.